The fourth-order valence-corrected chi connectivity index (χ4v) is 1.08. The van der Waals surface area contributed by atoms with E-state index in [1.54, 1.807) is 13.1 Å². The van der Waals surface area contributed by atoms with Gasteiger partial charge in [0.15, 0.2) is 0 Å². The van der Waals surface area contributed by atoms with Crippen LogP contribution in [0.3, 0.4) is 0 Å². The molecule has 0 radical (unpaired) electrons. The Balaban J connectivity index is 2.44. The topological polar surface area (TPSA) is 45.1 Å². The van der Waals surface area contributed by atoms with E-state index in [0.29, 0.717) is 6.54 Å². The highest BCUT2D eigenvalue weighted by atomic mass is 16.3. The molecule has 0 saturated heterocycles. The van der Waals surface area contributed by atoms with Gasteiger partial charge in [-0.3, -0.25) is 4.98 Å². The van der Waals surface area contributed by atoms with E-state index in [2.05, 4.69) is 10.3 Å². The molecule has 3 nitrogen and oxygen atoms in total. The molecule has 0 saturated carbocycles. The number of aliphatic hydroxyl groups is 1. The summed E-state index contributed by atoms with van der Waals surface area (Å²) >= 11 is 0. The molecule has 0 aromatic carbocycles. The van der Waals surface area contributed by atoms with Crippen molar-refractivity contribution in [2.24, 2.45) is 0 Å². The van der Waals surface area contributed by atoms with Crippen LogP contribution in [0, 0.1) is 0 Å². The highest BCUT2D eigenvalue weighted by molar-refractivity contribution is 5.07. The number of nitrogens with zero attached hydrogens (tertiary/aromatic N) is 1. The minimum Gasteiger partial charge on any atom is -0.392 e. The fourth-order valence-electron chi connectivity index (χ4n) is 1.08. The van der Waals surface area contributed by atoms with Crippen LogP contribution >= 0.6 is 0 Å². The Morgan fingerprint density at radius 3 is 2.77 bits per heavy atom. The highest BCUT2D eigenvalue weighted by Gasteiger charge is 2.05. The van der Waals surface area contributed by atoms with Gasteiger partial charge in [-0.2, -0.15) is 0 Å². The Morgan fingerprint density at radius 1 is 1.46 bits per heavy atom. The number of hydrogen-bond acceptors (Lipinski definition) is 3. The molecule has 2 N–H and O–H groups in total. The molecule has 0 amide bonds. The molecule has 1 aromatic heterocycles. The third-order valence-corrected chi connectivity index (χ3v) is 1.85. The number of nitrogens with one attached hydrogen (secondary N) is 1. The molecule has 0 aliphatic heterocycles. The van der Waals surface area contributed by atoms with Gasteiger partial charge in [0.2, 0.25) is 0 Å². The van der Waals surface area contributed by atoms with Crippen molar-refractivity contribution >= 4 is 0 Å². The second kappa shape index (κ2) is 4.94. The zero-order valence-corrected chi connectivity index (χ0v) is 8.07. The molecule has 0 aliphatic carbocycles. The zero-order chi connectivity index (χ0) is 9.68. The van der Waals surface area contributed by atoms with Crippen LogP contribution in [0.15, 0.2) is 24.4 Å². The monoisotopic (exact) mass is 180 g/mol. The van der Waals surface area contributed by atoms with Gasteiger partial charge in [0, 0.05) is 18.8 Å². The van der Waals surface area contributed by atoms with Crippen molar-refractivity contribution in [1.29, 1.82) is 0 Å². The molecule has 0 fully saturated rings. The first-order valence-corrected chi connectivity index (χ1v) is 4.52. The molecule has 72 valence electrons. The normalized spacial score (nSPS) is 15.3. The van der Waals surface area contributed by atoms with Gasteiger partial charge in [0.05, 0.1) is 11.8 Å². The number of aromatic nitrogens is 1. The summed E-state index contributed by atoms with van der Waals surface area (Å²) in [6.45, 7) is 4.39. The van der Waals surface area contributed by atoms with Crippen LogP contribution in [0.2, 0.25) is 0 Å². The summed E-state index contributed by atoms with van der Waals surface area (Å²) in [5.74, 6) is 0. The lowest BCUT2D eigenvalue weighted by molar-refractivity contribution is 0.187. The van der Waals surface area contributed by atoms with E-state index in [1.807, 2.05) is 25.1 Å². The number of hydrogen-bond donors (Lipinski definition) is 2. The quantitative estimate of drug-likeness (QED) is 0.729. The summed E-state index contributed by atoms with van der Waals surface area (Å²) in [7, 11) is 0. The van der Waals surface area contributed by atoms with Crippen molar-refractivity contribution in [2.45, 2.75) is 26.0 Å². The summed E-state index contributed by atoms with van der Waals surface area (Å²) in [6.07, 6.45) is 1.46. The van der Waals surface area contributed by atoms with Crippen molar-refractivity contribution in [3.05, 3.63) is 30.1 Å². The maximum atomic E-state index is 9.07. The smallest absolute Gasteiger partial charge is 0.0636 e. The minimum atomic E-state index is -0.314. The number of rotatable bonds is 4. The summed E-state index contributed by atoms with van der Waals surface area (Å²) in [5.41, 5.74) is 1.00. The molecule has 1 heterocycles. The van der Waals surface area contributed by atoms with Crippen LogP contribution in [0.1, 0.15) is 25.6 Å². The molecular weight excluding hydrogens is 164 g/mol. The molecular formula is C10H16N2O. The van der Waals surface area contributed by atoms with Crippen molar-refractivity contribution in [3.63, 3.8) is 0 Å². The first-order valence-electron chi connectivity index (χ1n) is 4.52. The zero-order valence-electron chi connectivity index (χ0n) is 8.07. The first kappa shape index (κ1) is 10.2. The molecule has 3 heteroatoms. The van der Waals surface area contributed by atoms with E-state index < -0.39 is 0 Å². The fraction of sp³-hybridized carbons (Fsp3) is 0.500. The summed E-state index contributed by atoms with van der Waals surface area (Å²) in [5, 5.41) is 12.3. The summed E-state index contributed by atoms with van der Waals surface area (Å²) < 4.78 is 0. The number of aliphatic hydroxyl groups excluding tert-OH is 1. The molecule has 1 unspecified atom stereocenters. The lowest BCUT2D eigenvalue weighted by atomic mass is 10.2. The second-order valence-corrected chi connectivity index (χ2v) is 3.23. The Hall–Kier alpha value is -0.930. The molecule has 0 spiro atoms. The predicted molar refractivity (Wildman–Crippen MR) is 52.3 cm³/mol. The van der Waals surface area contributed by atoms with Gasteiger partial charge in [-0.15, -0.1) is 0 Å². The average molecular weight is 180 g/mol. The van der Waals surface area contributed by atoms with E-state index in [0.717, 1.165) is 5.69 Å². The van der Waals surface area contributed by atoms with Crippen molar-refractivity contribution in [1.82, 2.24) is 10.3 Å². The van der Waals surface area contributed by atoms with Crippen LogP contribution in [0.4, 0.5) is 0 Å². The lowest BCUT2D eigenvalue weighted by Gasteiger charge is -2.14. The van der Waals surface area contributed by atoms with E-state index >= 15 is 0 Å². The largest absolute Gasteiger partial charge is 0.392 e. The molecule has 1 aromatic rings. The van der Waals surface area contributed by atoms with Gasteiger partial charge in [0.1, 0.15) is 0 Å². The summed E-state index contributed by atoms with van der Waals surface area (Å²) in [6, 6.07) is 6.02. The van der Waals surface area contributed by atoms with Gasteiger partial charge in [-0.1, -0.05) is 6.07 Å². The molecule has 0 aliphatic rings. The van der Waals surface area contributed by atoms with Gasteiger partial charge in [-0.05, 0) is 26.0 Å². The van der Waals surface area contributed by atoms with E-state index in [4.69, 9.17) is 5.11 Å². The van der Waals surface area contributed by atoms with Crippen molar-refractivity contribution in [3.8, 4) is 0 Å². The van der Waals surface area contributed by atoms with Crippen LogP contribution in [-0.4, -0.2) is 22.7 Å². The number of pyridine rings is 1. The average Bonchev–Trinajstić information content (AvgIpc) is 2.15. The molecule has 13 heavy (non-hydrogen) atoms. The molecule has 1 rings (SSSR count). The second-order valence-electron chi connectivity index (χ2n) is 3.23. The SMILES string of the molecule is CC(O)CN[C@@H](C)c1ccccn1. The van der Waals surface area contributed by atoms with Gasteiger partial charge >= 0.3 is 0 Å². The van der Waals surface area contributed by atoms with Gasteiger partial charge in [0.25, 0.3) is 0 Å². The van der Waals surface area contributed by atoms with Gasteiger partial charge in [-0.25, -0.2) is 0 Å². The Labute approximate surface area is 78.8 Å². The van der Waals surface area contributed by atoms with E-state index in [9.17, 15) is 0 Å². The maximum absolute atomic E-state index is 9.07. The first-order chi connectivity index (χ1) is 6.20. The minimum absolute atomic E-state index is 0.191. The van der Waals surface area contributed by atoms with E-state index in [1.165, 1.54) is 0 Å². The van der Waals surface area contributed by atoms with Crippen molar-refractivity contribution < 1.29 is 5.11 Å². The molecule has 2 atom stereocenters. The van der Waals surface area contributed by atoms with E-state index in [-0.39, 0.29) is 12.1 Å². The Morgan fingerprint density at radius 2 is 2.23 bits per heavy atom. The lowest BCUT2D eigenvalue weighted by Crippen LogP contribution is -2.27. The predicted octanol–water partition coefficient (Wildman–Crippen LogP) is 1.11. The third-order valence-electron chi connectivity index (χ3n) is 1.85. The third kappa shape index (κ3) is 3.53. The van der Waals surface area contributed by atoms with Gasteiger partial charge < -0.3 is 10.4 Å². The van der Waals surface area contributed by atoms with Crippen LogP contribution in [0.25, 0.3) is 0 Å². The van der Waals surface area contributed by atoms with Crippen LogP contribution in [-0.2, 0) is 0 Å². The summed E-state index contributed by atoms with van der Waals surface area (Å²) in [4.78, 5) is 4.21. The van der Waals surface area contributed by atoms with Crippen molar-refractivity contribution in [2.75, 3.05) is 6.54 Å². The standard InChI is InChI=1S/C10H16N2O/c1-8(13)7-12-9(2)10-5-3-4-6-11-10/h3-6,8-9,12-13H,7H2,1-2H3/t8?,9-/m0/s1. The highest BCUT2D eigenvalue weighted by Crippen LogP contribution is 2.06. The molecule has 0 bridgehead atoms. The van der Waals surface area contributed by atoms with Crippen LogP contribution in [0.5, 0.6) is 0 Å². The Kier molecular flexibility index (Phi) is 3.86. The maximum Gasteiger partial charge on any atom is 0.0636 e. The Bertz CT molecular complexity index is 236. The van der Waals surface area contributed by atoms with Crippen LogP contribution < -0.4 is 5.32 Å².